The van der Waals surface area contributed by atoms with E-state index in [4.69, 9.17) is 14.2 Å². The number of piperazine rings is 1. The van der Waals surface area contributed by atoms with Crippen molar-refractivity contribution in [2.45, 2.75) is 26.4 Å². The number of esters is 1. The maximum absolute atomic E-state index is 13.4. The van der Waals surface area contributed by atoms with Gasteiger partial charge in [0, 0.05) is 57.6 Å². The van der Waals surface area contributed by atoms with Gasteiger partial charge in [-0.25, -0.2) is 9.59 Å². The number of amides is 2. The molecule has 2 aromatic rings. The summed E-state index contributed by atoms with van der Waals surface area (Å²) in [5.74, 6) is 0.715. The fraction of sp³-hybridized carbons (Fsp3) is 0.448. The summed E-state index contributed by atoms with van der Waals surface area (Å²) in [5.41, 5.74) is 3.11. The topological polar surface area (TPSA) is 83.6 Å². The summed E-state index contributed by atoms with van der Waals surface area (Å²) in [6.07, 6.45) is 0. The molecule has 0 radical (unpaired) electrons. The SMILES string of the molecule is CCOC(=O)C1=C(CN2CCN(Cc3ccccc3)CC2)N(CC)C(=O)N[C@@H]1c1cc(OC)cc(OC)c1. The number of likely N-dealkylation sites (N-methyl/N-ethyl adjacent to an activating group) is 1. The lowest BCUT2D eigenvalue weighted by Gasteiger charge is -2.40. The molecule has 0 bridgehead atoms. The predicted molar refractivity (Wildman–Crippen MR) is 145 cm³/mol. The van der Waals surface area contributed by atoms with E-state index in [0.29, 0.717) is 41.4 Å². The van der Waals surface area contributed by atoms with E-state index in [0.717, 1.165) is 32.7 Å². The van der Waals surface area contributed by atoms with Crippen molar-refractivity contribution >= 4 is 12.0 Å². The molecule has 2 amide bonds. The Labute approximate surface area is 224 Å². The molecule has 9 nitrogen and oxygen atoms in total. The number of methoxy groups -OCH3 is 2. The van der Waals surface area contributed by atoms with E-state index in [1.807, 2.05) is 25.1 Å². The van der Waals surface area contributed by atoms with E-state index in [-0.39, 0.29) is 12.6 Å². The first-order chi connectivity index (χ1) is 18.5. The van der Waals surface area contributed by atoms with Crippen LogP contribution >= 0.6 is 0 Å². The third-order valence-electron chi connectivity index (χ3n) is 7.04. The van der Waals surface area contributed by atoms with Crippen LogP contribution in [0.3, 0.4) is 0 Å². The van der Waals surface area contributed by atoms with E-state index in [9.17, 15) is 9.59 Å². The quantitative estimate of drug-likeness (QED) is 0.479. The van der Waals surface area contributed by atoms with Gasteiger partial charge in [-0.2, -0.15) is 0 Å². The standard InChI is InChI=1S/C29H38N4O5/c1-5-33-25(20-32-14-12-31(13-15-32)19-21-10-8-7-9-11-21)26(28(34)38-6-2)27(30-29(33)35)22-16-23(36-3)18-24(17-22)37-4/h7-11,16-18,27H,5-6,12-15,19-20H2,1-4H3,(H,30,35)/t27-/m1/s1. The highest BCUT2D eigenvalue weighted by Crippen LogP contribution is 2.35. The summed E-state index contributed by atoms with van der Waals surface area (Å²) in [5, 5.41) is 3.02. The van der Waals surface area contributed by atoms with E-state index in [2.05, 4.69) is 39.4 Å². The number of nitrogens with one attached hydrogen (secondary N) is 1. The fourth-order valence-corrected chi connectivity index (χ4v) is 5.06. The van der Waals surface area contributed by atoms with Crippen molar-refractivity contribution in [3.05, 3.63) is 70.9 Å². The molecule has 0 saturated carbocycles. The molecule has 2 aliphatic heterocycles. The van der Waals surface area contributed by atoms with Crippen molar-refractivity contribution in [3.8, 4) is 11.5 Å². The molecular weight excluding hydrogens is 484 g/mol. The van der Waals surface area contributed by atoms with Gasteiger partial charge in [-0.05, 0) is 37.1 Å². The van der Waals surface area contributed by atoms with Crippen LogP contribution in [0.5, 0.6) is 11.5 Å². The number of rotatable bonds is 10. The van der Waals surface area contributed by atoms with Gasteiger partial charge in [-0.1, -0.05) is 30.3 Å². The first-order valence-electron chi connectivity index (χ1n) is 13.2. The van der Waals surface area contributed by atoms with Crippen LogP contribution < -0.4 is 14.8 Å². The lowest BCUT2D eigenvalue weighted by atomic mass is 9.93. The second-order valence-corrected chi connectivity index (χ2v) is 9.39. The van der Waals surface area contributed by atoms with E-state index >= 15 is 0 Å². The number of nitrogens with zero attached hydrogens (tertiary/aromatic N) is 3. The molecule has 0 aromatic heterocycles. The van der Waals surface area contributed by atoms with E-state index in [1.165, 1.54) is 5.56 Å². The van der Waals surface area contributed by atoms with Crippen molar-refractivity contribution in [2.75, 3.05) is 60.1 Å². The van der Waals surface area contributed by atoms with Crippen LogP contribution in [0.25, 0.3) is 0 Å². The molecule has 2 aromatic carbocycles. The van der Waals surface area contributed by atoms with Crippen LogP contribution in [0.2, 0.25) is 0 Å². The second-order valence-electron chi connectivity index (χ2n) is 9.39. The summed E-state index contributed by atoms with van der Waals surface area (Å²) in [6.45, 7) is 9.25. The summed E-state index contributed by atoms with van der Waals surface area (Å²) < 4.78 is 16.4. The van der Waals surface area contributed by atoms with Crippen molar-refractivity contribution in [1.82, 2.24) is 20.0 Å². The number of urea groups is 1. The monoisotopic (exact) mass is 522 g/mol. The zero-order valence-corrected chi connectivity index (χ0v) is 22.7. The van der Waals surface area contributed by atoms with Crippen LogP contribution in [-0.4, -0.2) is 86.8 Å². The van der Waals surface area contributed by atoms with Gasteiger partial charge in [0.15, 0.2) is 0 Å². The second kappa shape index (κ2) is 12.8. The normalized spacial score (nSPS) is 18.8. The number of carbonyl (C=O) groups excluding carboxylic acids is 2. The van der Waals surface area contributed by atoms with Gasteiger partial charge < -0.3 is 19.5 Å². The Morgan fingerprint density at radius 2 is 1.53 bits per heavy atom. The Hall–Kier alpha value is -3.56. The van der Waals surface area contributed by atoms with Crippen LogP contribution in [0.15, 0.2) is 59.8 Å². The molecule has 2 heterocycles. The van der Waals surface area contributed by atoms with Crippen molar-refractivity contribution in [2.24, 2.45) is 0 Å². The molecular formula is C29H38N4O5. The molecule has 1 N–H and O–H groups in total. The number of ether oxygens (including phenoxy) is 3. The zero-order valence-electron chi connectivity index (χ0n) is 22.7. The van der Waals surface area contributed by atoms with Gasteiger partial charge >= 0.3 is 12.0 Å². The lowest BCUT2D eigenvalue weighted by Crippen LogP contribution is -2.53. The molecule has 204 valence electrons. The highest BCUT2D eigenvalue weighted by atomic mass is 16.5. The number of hydrogen-bond donors (Lipinski definition) is 1. The van der Waals surface area contributed by atoms with Crippen LogP contribution in [-0.2, 0) is 16.1 Å². The third kappa shape index (κ3) is 6.28. The molecule has 4 rings (SSSR count). The summed E-state index contributed by atoms with van der Waals surface area (Å²) in [7, 11) is 3.14. The molecule has 38 heavy (non-hydrogen) atoms. The van der Waals surface area contributed by atoms with Crippen molar-refractivity contribution < 1.29 is 23.8 Å². The van der Waals surface area contributed by atoms with Crippen LogP contribution in [0.1, 0.15) is 31.0 Å². The zero-order chi connectivity index (χ0) is 27.1. The molecule has 0 unspecified atom stereocenters. The molecule has 2 aliphatic rings. The highest BCUT2D eigenvalue weighted by Gasteiger charge is 2.39. The average Bonchev–Trinajstić information content (AvgIpc) is 2.94. The maximum atomic E-state index is 13.4. The van der Waals surface area contributed by atoms with Crippen molar-refractivity contribution in [1.29, 1.82) is 0 Å². The summed E-state index contributed by atoms with van der Waals surface area (Å²) >= 11 is 0. The van der Waals surface area contributed by atoms with Gasteiger partial charge in [0.1, 0.15) is 11.5 Å². The summed E-state index contributed by atoms with van der Waals surface area (Å²) in [4.78, 5) is 33.1. The molecule has 9 heteroatoms. The Bertz CT molecular complexity index is 1120. The van der Waals surface area contributed by atoms with Crippen LogP contribution in [0.4, 0.5) is 4.79 Å². The minimum Gasteiger partial charge on any atom is -0.497 e. The van der Waals surface area contributed by atoms with E-state index in [1.54, 1.807) is 32.1 Å². The Balaban J connectivity index is 1.63. The van der Waals surface area contributed by atoms with Gasteiger partial charge in [0.2, 0.25) is 0 Å². The van der Waals surface area contributed by atoms with Gasteiger partial charge in [0.05, 0.1) is 32.4 Å². The van der Waals surface area contributed by atoms with Crippen LogP contribution in [0, 0.1) is 0 Å². The first kappa shape index (κ1) is 27.5. The first-order valence-corrected chi connectivity index (χ1v) is 13.2. The molecule has 1 fully saturated rings. The molecule has 1 saturated heterocycles. The minimum absolute atomic E-state index is 0.238. The van der Waals surface area contributed by atoms with Crippen molar-refractivity contribution in [3.63, 3.8) is 0 Å². The molecule has 0 spiro atoms. The maximum Gasteiger partial charge on any atom is 0.338 e. The number of carbonyl (C=O) groups is 2. The van der Waals surface area contributed by atoms with Gasteiger partial charge in [0.25, 0.3) is 0 Å². The Morgan fingerprint density at radius 1 is 0.921 bits per heavy atom. The number of hydrogen-bond acceptors (Lipinski definition) is 7. The fourth-order valence-electron chi connectivity index (χ4n) is 5.06. The van der Waals surface area contributed by atoms with E-state index < -0.39 is 12.0 Å². The Kier molecular flexibility index (Phi) is 9.25. The smallest absolute Gasteiger partial charge is 0.338 e. The lowest BCUT2D eigenvalue weighted by molar-refractivity contribution is -0.139. The highest BCUT2D eigenvalue weighted by molar-refractivity contribution is 5.95. The van der Waals surface area contributed by atoms with Gasteiger partial charge in [-0.3, -0.25) is 14.7 Å². The minimum atomic E-state index is -0.692. The number of benzene rings is 2. The predicted octanol–water partition coefficient (Wildman–Crippen LogP) is 3.43. The summed E-state index contributed by atoms with van der Waals surface area (Å²) in [6, 6.07) is 14.9. The van der Waals surface area contributed by atoms with Gasteiger partial charge in [-0.15, -0.1) is 0 Å². The largest absolute Gasteiger partial charge is 0.497 e. The molecule has 0 aliphatic carbocycles. The Morgan fingerprint density at radius 3 is 2.08 bits per heavy atom. The average molecular weight is 523 g/mol. The third-order valence-corrected chi connectivity index (χ3v) is 7.04. The molecule has 1 atom stereocenters.